The molecule has 1 N–H and O–H groups in total. The first-order valence-electron chi connectivity index (χ1n) is 9.04. The average molecular weight is 400 g/mol. The number of hydrogen-bond acceptors (Lipinski definition) is 5. The van der Waals surface area contributed by atoms with E-state index in [9.17, 15) is 4.79 Å². The highest BCUT2D eigenvalue weighted by Crippen LogP contribution is 2.34. The van der Waals surface area contributed by atoms with Crippen molar-refractivity contribution in [3.05, 3.63) is 77.7 Å². The average Bonchev–Trinajstić information content (AvgIpc) is 3.40. The number of thiazole rings is 1. The molecule has 0 saturated carbocycles. The first-order chi connectivity index (χ1) is 14.2. The number of nitrogens with zero attached hydrogens (tertiary/aromatic N) is 1. The Bertz CT molecular complexity index is 1350. The number of furan rings is 1. The van der Waals surface area contributed by atoms with Crippen molar-refractivity contribution in [2.45, 2.75) is 0 Å². The van der Waals surface area contributed by atoms with Crippen LogP contribution in [-0.4, -0.2) is 18.0 Å². The second-order valence-corrected chi connectivity index (χ2v) is 7.40. The summed E-state index contributed by atoms with van der Waals surface area (Å²) in [5.74, 6) is 1.11. The minimum atomic E-state index is -0.192. The van der Waals surface area contributed by atoms with Crippen LogP contribution in [0.5, 0.6) is 5.75 Å². The third-order valence-electron chi connectivity index (χ3n) is 4.72. The van der Waals surface area contributed by atoms with Crippen LogP contribution >= 0.6 is 11.3 Å². The van der Waals surface area contributed by atoms with Gasteiger partial charge in [0.05, 0.1) is 7.11 Å². The normalized spacial score (nSPS) is 11.1. The highest BCUT2D eigenvalue weighted by atomic mass is 32.1. The van der Waals surface area contributed by atoms with Crippen molar-refractivity contribution in [1.82, 2.24) is 4.98 Å². The van der Waals surface area contributed by atoms with Crippen LogP contribution in [0.15, 0.2) is 76.5 Å². The number of ether oxygens (including phenoxy) is 1. The molecule has 0 radical (unpaired) electrons. The van der Waals surface area contributed by atoms with Crippen LogP contribution in [0.25, 0.3) is 33.2 Å². The number of amides is 1. The van der Waals surface area contributed by atoms with Crippen molar-refractivity contribution >= 4 is 44.1 Å². The van der Waals surface area contributed by atoms with Gasteiger partial charge in [-0.3, -0.25) is 10.1 Å². The lowest BCUT2D eigenvalue weighted by Crippen LogP contribution is -2.11. The predicted octanol–water partition coefficient (Wildman–Crippen LogP) is 5.97. The van der Waals surface area contributed by atoms with Crippen LogP contribution in [0.3, 0.4) is 0 Å². The van der Waals surface area contributed by atoms with Crippen LogP contribution < -0.4 is 10.1 Å². The second kappa shape index (κ2) is 7.07. The Kier molecular flexibility index (Phi) is 4.26. The molecule has 6 heteroatoms. The number of fused-ring (bicyclic) bond motifs is 2. The fourth-order valence-corrected chi connectivity index (χ4v) is 3.96. The monoisotopic (exact) mass is 400 g/mol. The summed E-state index contributed by atoms with van der Waals surface area (Å²) in [5, 5.41) is 8.31. The molecule has 0 aliphatic rings. The molecule has 0 bridgehead atoms. The molecule has 1 amide bonds. The van der Waals surface area contributed by atoms with Crippen LogP contribution in [0, 0.1) is 0 Å². The molecule has 0 spiro atoms. The summed E-state index contributed by atoms with van der Waals surface area (Å²) in [6.07, 6.45) is 0. The standard InChI is InChI=1S/C23H16N2O3S/c1-27-19-8-4-7-16-12-20(28-21(16)19)18-13-29-23(24-18)25-22(26)17-10-9-14-5-2-3-6-15(14)11-17/h2-13H,1H3,(H,24,25,26). The SMILES string of the molecule is COc1cccc2cc(-c3csc(NC(=O)c4ccc5ccccc5c4)n3)oc12. The van der Waals surface area contributed by atoms with E-state index in [0.717, 1.165) is 16.2 Å². The van der Waals surface area contributed by atoms with Gasteiger partial charge in [-0.15, -0.1) is 11.3 Å². The summed E-state index contributed by atoms with van der Waals surface area (Å²) in [6, 6.07) is 21.2. The van der Waals surface area contributed by atoms with Crippen LogP contribution in [-0.2, 0) is 0 Å². The van der Waals surface area contributed by atoms with Crippen molar-refractivity contribution in [3.63, 3.8) is 0 Å². The Balaban J connectivity index is 1.40. The van der Waals surface area contributed by atoms with E-state index >= 15 is 0 Å². The van der Waals surface area contributed by atoms with E-state index in [-0.39, 0.29) is 5.91 Å². The van der Waals surface area contributed by atoms with Gasteiger partial charge in [0.1, 0.15) is 5.69 Å². The van der Waals surface area contributed by atoms with Gasteiger partial charge in [0.15, 0.2) is 22.2 Å². The van der Waals surface area contributed by atoms with Gasteiger partial charge in [-0.2, -0.15) is 0 Å². The van der Waals surface area contributed by atoms with Gasteiger partial charge in [-0.05, 0) is 35.0 Å². The minimum Gasteiger partial charge on any atom is -0.493 e. The van der Waals surface area contributed by atoms with E-state index in [1.54, 1.807) is 7.11 Å². The summed E-state index contributed by atoms with van der Waals surface area (Å²) in [6.45, 7) is 0. The van der Waals surface area contributed by atoms with Gasteiger partial charge in [-0.1, -0.05) is 42.5 Å². The fraction of sp³-hybridized carbons (Fsp3) is 0.0435. The molecule has 0 aliphatic carbocycles. The maximum atomic E-state index is 12.6. The number of nitrogens with one attached hydrogen (secondary N) is 1. The zero-order chi connectivity index (χ0) is 19.8. The lowest BCUT2D eigenvalue weighted by Gasteiger charge is -2.03. The van der Waals surface area contributed by atoms with Gasteiger partial charge in [0, 0.05) is 16.3 Å². The number of para-hydroxylation sites is 1. The van der Waals surface area contributed by atoms with E-state index in [0.29, 0.717) is 33.5 Å². The third-order valence-corrected chi connectivity index (χ3v) is 5.47. The molecular weight excluding hydrogens is 384 g/mol. The van der Waals surface area contributed by atoms with Crippen LogP contribution in [0.4, 0.5) is 5.13 Å². The first-order valence-corrected chi connectivity index (χ1v) is 9.92. The number of rotatable bonds is 4. The maximum Gasteiger partial charge on any atom is 0.257 e. The van der Waals surface area contributed by atoms with Gasteiger partial charge in [0.25, 0.3) is 5.91 Å². The minimum absolute atomic E-state index is 0.192. The lowest BCUT2D eigenvalue weighted by molar-refractivity contribution is 0.102. The molecule has 142 valence electrons. The Hall–Kier alpha value is -3.64. The lowest BCUT2D eigenvalue weighted by atomic mass is 10.1. The molecule has 5 aromatic rings. The molecule has 0 unspecified atom stereocenters. The quantitative estimate of drug-likeness (QED) is 0.404. The Morgan fingerprint density at radius 1 is 1.00 bits per heavy atom. The largest absolute Gasteiger partial charge is 0.493 e. The number of methoxy groups -OCH3 is 1. The van der Waals surface area contributed by atoms with Gasteiger partial charge in [-0.25, -0.2) is 4.98 Å². The molecule has 5 nitrogen and oxygen atoms in total. The fourth-order valence-electron chi connectivity index (χ4n) is 3.27. The highest BCUT2D eigenvalue weighted by Gasteiger charge is 2.15. The zero-order valence-corrected chi connectivity index (χ0v) is 16.3. The van der Waals surface area contributed by atoms with Crippen LogP contribution in [0.1, 0.15) is 10.4 Å². The summed E-state index contributed by atoms with van der Waals surface area (Å²) in [4.78, 5) is 17.2. The molecular formula is C23H16N2O3S. The predicted molar refractivity (Wildman–Crippen MR) is 116 cm³/mol. The molecule has 0 fully saturated rings. The van der Waals surface area contributed by atoms with Gasteiger partial charge >= 0.3 is 0 Å². The number of benzene rings is 3. The first kappa shape index (κ1) is 17.5. The van der Waals surface area contributed by atoms with E-state index < -0.39 is 0 Å². The van der Waals surface area contributed by atoms with Crippen molar-refractivity contribution in [2.24, 2.45) is 0 Å². The van der Waals surface area contributed by atoms with Crippen molar-refractivity contribution in [1.29, 1.82) is 0 Å². The van der Waals surface area contributed by atoms with Crippen molar-refractivity contribution in [3.8, 4) is 17.2 Å². The van der Waals surface area contributed by atoms with E-state index in [2.05, 4.69) is 10.3 Å². The third kappa shape index (κ3) is 3.23. The molecule has 2 aromatic heterocycles. The Morgan fingerprint density at radius 2 is 1.83 bits per heavy atom. The smallest absolute Gasteiger partial charge is 0.257 e. The topological polar surface area (TPSA) is 64.4 Å². The number of carbonyl (C=O) groups is 1. The Morgan fingerprint density at radius 3 is 2.69 bits per heavy atom. The number of carbonyl (C=O) groups excluding carboxylic acids is 1. The molecule has 5 rings (SSSR count). The van der Waals surface area contributed by atoms with E-state index in [1.165, 1.54) is 11.3 Å². The molecule has 0 atom stereocenters. The number of aromatic nitrogens is 1. The molecule has 3 aromatic carbocycles. The van der Waals surface area contributed by atoms with Gasteiger partial charge in [0.2, 0.25) is 0 Å². The second-order valence-electron chi connectivity index (χ2n) is 6.54. The maximum absolute atomic E-state index is 12.6. The Labute approximate surface area is 170 Å². The molecule has 0 saturated heterocycles. The molecule has 0 aliphatic heterocycles. The van der Waals surface area contributed by atoms with Crippen LogP contribution in [0.2, 0.25) is 0 Å². The van der Waals surface area contributed by atoms with Crippen molar-refractivity contribution < 1.29 is 13.9 Å². The summed E-state index contributed by atoms with van der Waals surface area (Å²) in [5.41, 5.74) is 1.94. The zero-order valence-electron chi connectivity index (χ0n) is 15.5. The van der Waals surface area contributed by atoms with Crippen molar-refractivity contribution in [2.75, 3.05) is 12.4 Å². The summed E-state index contributed by atoms with van der Waals surface area (Å²) in [7, 11) is 1.61. The molecule has 2 heterocycles. The summed E-state index contributed by atoms with van der Waals surface area (Å²) < 4.78 is 11.3. The van der Waals surface area contributed by atoms with E-state index in [4.69, 9.17) is 9.15 Å². The van der Waals surface area contributed by atoms with Gasteiger partial charge < -0.3 is 9.15 Å². The molecule has 29 heavy (non-hydrogen) atoms. The highest BCUT2D eigenvalue weighted by molar-refractivity contribution is 7.14. The number of hydrogen-bond donors (Lipinski definition) is 1. The number of anilines is 1. The van der Waals surface area contributed by atoms with E-state index in [1.807, 2.05) is 72.1 Å². The summed E-state index contributed by atoms with van der Waals surface area (Å²) >= 11 is 1.36.